The minimum absolute atomic E-state index is 0.0324. The van der Waals surface area contributed by atoms with Crippen molar-refractivity contribution in [3.05, 3.63) is 66.5 Å². The van der Waals surface area contributed by atoms with Crippen LogP contribution in [0.4, 0.5) is 0 Å². The van der Waals surface area contributed by atoms with Crippen LogP contribution in [0.15, 0.2) is 60.8 Å². The van der Waals surface area contributed by atoms with E-state index >= 15 is 0 Å². The lowest BCUT2D eigenvalue weighted by Crippen LogP contribution is -2.14. The van der Waals surface area contributed by atoms with E-state index in [1.807, 2.05) is 35.0 Å². The Balaban J connectivity index is 2.15. The van der Waals surface area contributed by atoms with Gasteiger partial charge in [-0.25, -0.2) is 4.68 Å². The third kappa shape index (κ3) is 3.14. The molecule has 0 amide bonds. The average molecular weight is 306 g/mol. The van der Waals surface area contributed by atoms with Gasteiger partial charge in [-0.3, -0.25) is 0 Å². The molecule has 3 nitrogen and oxygen atoms in total. The highest BCUT2D eigenvalue weighted by molar-refractivity contribution is 5.67. The van der Waals surface area contributed by atoms with Crippen LogP contribution in [-0.4, -0.2) is 16.9 Å². The van der Waals surface area contributed by atoms with Gasteiger partial charge in [0.25, 0.3) is 0 Å². The molecule has 0 saturated carbocycles. The van der Waals surface area contributed by atoms with Gasteiger partial charge in [-0.05, 0) is 17.7 Å². The molecule has 0 radical (unpaired) electrons. The van der Waals surface area contributed by atoms with Crippen molar-refractivity contribution in [1.82, 2.24) is 9.78 Å². The van der Waals surface area contributed by atoms with E-state index in [4.69, 9.17) is 9.84 Å². The van der Waals surface area contributed by atoms with Gasteiger partial charge in [-0.2, -0.15) is 5.10 Å². The van der Waals surface area contributed by atoms with E-state index < -0.39 is 0 Å². The monoisotopic (exact) mass is 306 g/mol. The third-order valence-electron chi connectivity index (χ3n) is 3.83. The molecular formula is C20H22N2O. The Morgan fingerprint density at radius 3 is 2.35 bits per heavy atom. The smallest absolute Gasteiger partial charge is 0.121 e. The molecule has 0 fully saturated rings. The lowest BCUT2D eigenvalue weighted by Gasteiger charge is -2.17. The van der Waals surface area contributed by atoms with E-state index in [2.05, 4.69) is 51.2 Å². The molecule has 0 aliphatic carbocycles. The number of aromatic nitrogens is 2. The summed E-state index contributed by atoms with van der Waals surface area (Å²) in [6.45, 7) is 6.58. The summed E-state index contributed by atoms with van der Waals surface area (Å²) in [4.78, 5) is 0. The van der Waals surface area contributed by atoms with Crippen LogP contribution in [0.25, 0.3) is 16.8 Å². The van der Waals surface area contributed by atoms with Crippen LogP contribution in [-0.2, 0) is 5.41 Å². The van der Waals surface area contributed by atoms with Crippen molar-refractivity contribution in [2.24, 2.45) is 0 Å². The topological polar surface area (TPSA) is 27.1 Å². The number of nitrogens with zero attached hydrogens (tertiary/aromatic N) is 2. The average Bonchev–Trinajstić information content (AvgIpc) is 3.01. The summed E-state index contributed by atoms with van der Waals surface area (Å²) in [5.41, 5.74) is 4.41. The van der Waals surface area contributed by atoms with Crippen LogP contribution in [0.2, 0.25) is 0 Å². The normalized spacial score (nSPS) is 11.5. The maximum atomic E-state index is 5.32. The standard InChI is InChI=1S/C20H22N2O/c1-20(2,3)19-18(15-9-6-5-7-10-15)14-22(21-19)16-11-8-12-17(13-16)23-4/h5-14H,1-4H3. The molecule has 0 aliphatic rings. The molecule has 0 aliphatic heterocycles. The predicted molar refractivity (Wildman–Crippen MR) is 94.3 cm³/mol. The zero-order valence-electron chi connectivity index (χ0n) is 14.1. The Hall–Kier alpha value is -2.55. The maximum Gasteiger partial charge on any atom is 0.121 e. The number of hydrogen-bond donors (Lipinski definition) is 0. The van der Waals surface area contributed by atoms with Gasteiger partial charge in [-0.1, -0.05) is 57.2 Å². The summed E-state index contributed by atoms with van der Waals surface area (Å²) in [6.07, 6.45) is 2.10. The molecule has 0 N–H and O–H groups in total. The van der Waals surface area contributed by atoms with Gasteiger partial charge in [0, 0.05) is 23.2 Å². The van der Waals surface area contributed by atoms with Crippen LogP contribution < -0.4 is 4.74 Å². The number of rotatable bonds is 3. The van der Waals surface area contributed by atoms with Crippen molar-refractivity contribution < 1.29 is 4.74 Å². The van der Waals surface area contributed by atoms with Gasteiger partial charge in [0.15, 0.2) is 0 Å². The summed E-state index contributed by atoms with van der Waals surface area (Å²) >= 11 is 0. The zero-order valence-corrected chi connectivity index (χ0v) is 14.1. The first kappa shape index (κ1) is 15.3. The second-order valence-corrected chi connectivity index (χ2v) is 6.65. The van der Waals surface area contributed by atoms with E-state index in [1.165, 1.54) is 11.1 Å². The van der Waals surface area contributed by atoms with E-state index in [0.29, 0.717) is 0 Å². The summed E-state index contributed by atoms with van der Waals surface area (Å²) in [5.74, 6) is 0.830. The van der Waals surface area contributed by atoms with Gasteiger partial charge in [-0.15, -0.1) is 0 Å². The lowest BCUT2D eigenvalue weighted by molar-refractivity contribution is 0.414. The second-order valence-electron chi connectivity index (χ2n) is 6.65. The highest BCUT2D eigenvalue weighted by Crippen LogP contribution is 2.33. The molecule has 118 valence electrons. The minimum Gasteiger partial charge on any atom is -0.497 e. The van der Waals surface area contributed by atoms with E-state index in [1.54, 1.807) is 7.11 Å². The fraction of sp³-hybridized carbons (Fsp3) is 0.250. The summed E-state index contributed by atoms with van der Waals surface area (Å²) in [5, 5.41) is 4.86. The van der Waals surface area contributed by atoms with Gasteiger partial charge in [0.1, 0.15) is 5.75 Å². The Morgan fingerprint density at radius 1 is 0.957 bits per heavy atom. The van der Waals surface area contributed by atoms with Crippen LogP contribution in [0.3, 0.4) is 0 Å². The molecule has 3 heteroatoms. The van der Waals surface area contributed by atoms with Crippen LogP contribution in [0.5, 0.6) is 5.75 Å². The SMILES string of the molecule is COc1cccc(-n2cc(-c3ccccc3)c(C(C)(C)C)n2)c1. The van der Waals surface area contributed by atoms with Crippen molar-refractivity contribution in [1.29, 1.82) is 0 Å². The minimum atomic E-state index is -0.0324. The Kier molecular flexibility index (Phi) is 3.95. The first-order valence-electron chi connectivity index (χ1n) is 7.79. The first-order chi connectivity index (χ1) is 11.0. The number of benzene rings is 2. The van der Waals surface area contributed by atoms with Crippen molar-refractivity contribution in [2.45, 2.75) is 26.2 Å². The van der Waals surface area contributed by atoms with Crippen LogP contribution in [0.1, 0.15) is 26.5 Å². The summed E-state index contributed by atoms with van der Waals surface area (Å²) < 4.78 is 7.26. The van der Waals surface area contributed by atoms with Crippen LogP contribution in [0, 0.1) is 0 Å². The Bertz CT molecular complexity index is 798. The number of hydrogen-bond acceptors (Lipinski definition) is 2. The van der Waals surface area contributed by atoms with Crippen LogP contribution >= 0.6 is 0 Å². The molecular weight excluding hydrogens is 284 g/mol. The first-order valence-corrected chi connectivity index (χ1v) is 7.79. The maximum absolute atomic E-state index is 5.32. The van der Waals surface area contributed by atoms with Gasteiger partial charge < -0.3 is 4.74 Å². The molecule has 23 heavy (non-hydrogen) atoms. The molecule has 0 spiro atoms. The molecule has 1 aromatic heterocycles. The van der Waals surface area contributed by atoms with Gasteiger partial charge in [0.05, 0.1) is 18.5 Å². The Morgan fingerprint density at radius 2 is 1.70 bits per heavy atom. The third-order valence-corrected chi connectivity index (χ3v) is 3.83. The van der Waals surface area contributed by atoms with E-state index in [0.717, 1.165) is 17.1 Å². The predicted octanol–water partition coefficient (Wildman–Crippen LogP) is 4.85. The number of methoxy groups -OCH3 is 1. The number of ether oxygens (including phenoxy) is 1. The lowest BCUT2D eigenvalue weighted by atomic mass is 9.87. The van der Waals surface area contributed by atoms with Gasteiger partial charge in [0.2, 0.25) is 0 Å². The fourth-order valence-corrected chi connectivity index (χ4v) is 2.64. The molecule has 3 rings (SSSR count). The largest absolute Gasteiger partial charge is 0.497 e. The van der Waals surface area contributed by atoms with E-state index in [-0.39, 0.29) is 5.41 Å². The van der Waals surface area contributed by atoms with Crippen molar-refractivity contribution in [2.75, 3.05) is 7.11 Å². The Labute approximate surface area is 137 Å². The highest BCUT2D eigenvalue weighted by Gasteiger charge is 2.23. The molecule has 0 saturated heterocycles. The van der Waals surface area contributed by atoms with E-state index in [9.17, 15) is 0 Å². The molecule has 0 atom stereocenters. The molecule has 0 unspecified atom stereocenters. The molecule has 0 bridgehead atoms. The molecule has 1 heterocycles. The summed E-state index contributed by atoms with van der Waals surface area (Å²) in [6, 6.07) is 18.4. The van der Waals surface area contributed by atoms with Crippen molar-refractivity contribution in [3.8, 4) is 22.6 Å². The summed E-state index contributed by atoms with van der Waals surface area (Å²) in [7, 11) is 1.68. The van der Waals surface area contributed by atoms with Gasteiger partial charge >= 0.3 is 0 Å². The molecule has 3 aromatic rings. The van der Waals surface area contributed by atoms with Crippen molar-refractivity contribution in [3.63, 3.8) is 0 Å². The van der Waals surface area contributed by atoms with Crippen molar-refractivity contribution >= 4 is 0 Å². The second kappa shape index (κ2) is 5.92. The quantitative estimate of drug-likeness (QED) is 0.692. The highest BCUT2D eigenvalue weighted by atomic mass is 16.5. The fourth-order valence-electron chi connectivity index (χ4n) is 2.64. The molecule has 2 aromatic carbocycles. The zero-order chi connectivity index (χ0) is 16.4.